The maximum atomic E-state index is 13.1. The van der Waals surface area contributed by atoms with Crippen LogP contribution < -0.4 is 16.2 Å². The second kappa shape index (κ2) is 10.7. The highest BCUT2D eigenvalue weighted by atomic mass is 32.2. The molecule has 0 saturated carbocycles. The first kappa shape index (κ1) is 23.4. The van der Waals surface area contributed by atoms with Crippen LogP contribution in [-0.2, 0) is 16.1 Å². The minimum atomic E-state index is -0.542. The van der Waals surface area contributed by atoms with E-state index >= 15 is 0 Å². The molecule has 10 heteroatoms. The number of urea groups is 1. The van der Waals surface area contributed by atoms with Crippen molar-refractivity contribution in [3.63, 3.8) is 0 Å². The molecule has 29 heavy (non-hydrogen) atoms. The standard InChI is InChI=1S/C19H28N4O4S2/c1-11(2)9-23-17(25)15-12(3)13(4)29-16(15)22-19(23)28-10-14(24)21-18(26)20-7-6-8-27-5/h11H,6-10H2,1-5H3,(H2,20,21,24,26). The van der Waals surface area contributed by atoms with E-state index in [1.807, 2.05) is 27.7 Å². The van der Waals surface area contributed by atoms with Crippen molar-refractivity contribution >= 4 is 45.3 Å². The summed E-state index contributed by atoms with van der Waals surface area (Å²) in [4.78, 5) is 43.3. The Morgan fingerprint density at radius 1 is 1.31 bits per heavy atom. The summed E-state index contributed by atoms with van der Waals surface area (Å²) in [5, 5.41) is 6.03. The zero-order valence-electron chi connectivity index (χ0n) is 17.5. The van der Waals surface area contributed by atoms with Crippen molar-refractivity contribution in [3.05, 3.63) is 20.8 Å². The van der Waals surface area contributed by atoms with Gasteiger partial charge in [-0.15, -0.1) is 11.3 Å². The molecule has 2 rings (SSSR count). The summed E-state index contributed by atoms with van der Waals surface area (Å²) in [6.45, 7) is 9.42. The number of imide groups is 1. The first-order valence-electron chi connectivity index (χ1n) is 9.44. The Bertz CT molecular complexity index is 936. The van der Waals surface area contributed by atoms with E-state index in [0.29, 0.717) is 41.5 Å². The Hall–Kier alpha value is -1.91. The van der Waals surface area contributed by atoms with Gasteiger partial charge in [-0.05, 0) is 31.7 Å². The number of ether oxygens (including phenoxy) is 1. The molecule has 0 unspecified atom stereocenters. The lowest BCUT2D eigenvalue weighted by Crippen LogP contribution is -2.41. The number of thiophene rings is 1. The third-order valence-electron chi connectivity index (χ3n) is 4.20. The molecule has 3 amide bonds. The van der Waals surface area contributed by atoms with E-state index in [9.17, 15) is 14.4 Å². The van der Waals surface area contributed by atoms with Crippen molar-refractivity contribution in [2.24, 2.45) is 5.92 Å². The largest absolute Gasteiger partial charge is 0.385 e. The number of methoxy groups -OCH3 is 1. The average molecular weight is 441 g/mol. The predicted molar refractivity (Wildman–Crippen MR) is 117 cm³/mol. The van der Waals surface area contributed by atoms with E-state index in [-0.39, 0.29) is 17.2 Å². The monoisotopic (exact) mass is 440 g/mol. The summed E-state index contributed by atoms with van der Waals surface area (Å²) in [6, 6.07) is -0.542. The second-order valence-electron chi connectivity index (χ2n) is 7.11. The fraction of sp³-hybridized carbons (Fsp3) is 0.579. The number of amides is 3. The maximum absolute atomic E-state index is 13.1. The number of hydrogen-bond acceptors (Lipinski definition) is 7. The average Bonchev–Trinajstić information content (AvgIpc) is 2.93. The van der Waals surface area contributed by atoms with Gasteiger partial charge in [-0.2, -0.15) is 0 Å². The molecule has 2 N–H and O–H groups in total. The molecule has 0 bridgehead atoms. The van der Waals surface area contributed by atoms with Gasteiger partial charge in [0.2, 0.25) is 5.91 Å². The van der Waals surface area contributed by atoms with Gasteiger partial charge in [0.1, 0.15) is 4.83 Å². The molecule has 2 aromatic heterocycles. The molecule has 0 fully saturated rings. The van der Waals surface area contributed by atoms with Crippen molar-refractivity contribution in [1.29, 1.82) is 0 Å². The molecule has 2 aromatic rings. The van der Waals surface area contributed by atoms with E-state index in [0.717, 1.165) is 22.2 Å². The van der Waals surface area contributed by atoms with Gasteiger partial charge in [0.05, 0.1) is 11.1 Å². The van der Waals surface area contributed by atoms with E-state index in [1.54, 1.807) is 11.7 Å². The van der Waals surface area contributed by atoms with Crippen LogP contribution in [-0.4, -0.2) is 47.5 Å². The SMILES string of the molecule is COCCCNC(=O)NC(=O)CSc1nc2sc(C)c(C)c2c(=O)n1CC(C)C. The van der Waals surface area contributed by atoms with Crippen molar-refractivity contribution < 1.29 is 14.3 Å². The summed E-state index contributed by atoms with van der Waals surface area (Å²) < 4.78 is 6.54. The summed E-state index contributed by atoms with van der Waals surface area (Å²) in [6.07, 6.45) is 0.665. The highest BCUT2D eigenvalue weighted by Crippen LogP contribution is 2.28. The molecule has 2 heterocycles. The molecule has 0 atom stereocenters. The number of carbonyl (C=O) groups is 2. The van der Waals surface area contributed by atoms with Crippen LogP contribution in [0.15, 0.2) is 9.95 Å². The van der Waals surface area contributed by atoms with E-state index in [4.69, 9.17) is 4.74 Å². The number of nitrogens with zero attached hydrogens (tertiary/aromatic N) is 2. The van der Waals surface area contributed by atoms with Crippen LogP contribution in [0, 0.1) is 19.8 Å². The minimum Gasteiger partial charge on any atom is -0.385 e. The van der Waals surface area contributed by atoms with E-state index in [1.165, 1.54) is 11.3 Å². The van der Waals surface area contributed by atoms with Crippen LogP contribution >= 0.6 is 23.1 Å². The Morgan fingerprint density at radius 3 is 2.69 bits per heavy atom. The smallest absolute Gasteiger partial charge is 0.321 e. The molecule has 0 aliphatic rings. The Balaban J connectivity index is 2.11. The van der Waals surface area contributed by atoms with Crippen LogP contribution in [0.1, 0.15) is 30.7 Å². The van der Waals surface area contributed by atoms with Gasteiger partial charge < -0.3 is 10.1 Å². The lowest BCUT2D eigenvalue weighted by Gasteiger charge is -2.14. The van der Waals surface area contributed by atoms with Gasteiger partial charge in [0.15, 0.2) is 5.16 Å². The number of aromatic nitrogens is 2. The van der Waals surface area contributed by atoms with Gasteiger partial charge in [0.25, 0.3) is 5.56 Å². The summed E-state index contributed by atoms with van der Waals surface area (Å²) >= 11 is 2.64. The Morgan fingerprint density at radius 2 is 2.03 bits per heavy atom. The fourth-order valence-electron chi connectivity index (χ4n) is 2.70. The van der Waals surface area contributed by atoms with Crippen LogP contribution in [0.5, 0.6) is 0 Å². The first-order chi connectivity index (χ1) is 13.7. The molecule has 0 aliphatic carbocycles. The Labute approximate surface area is 178 Å². The number of rotatable bonds is 9. The molecule has 0 radical (unpaired) electrons. The molecule has 8 nitrogen and oxygen atoms in total. The number of hydrogen-bond donors (Lipinski definition) is 2. The number of carbonyl (C=O) groups excluding carboxylic acids is 2. The number of thioether (sulfide) groups is 1. The number of fused-ring (bicyclic) bond motifs is 1. The molecule has 0 saturated heterocycles. The zero-order valence-corrected chi connectivity index (χ0v) is 19.1. The van der Waals surface area contributed by atoms with Crippen LogP contribution in [0.4, 0.5) is 4.79 Å². The van der Waals surface area contributed by atoms with Gasteiger partial charge in [-0.3, -0.25) is 19.5 Å². The van der Waals surface area contributed by atoms with Gasteiger partial charge in [-0.25, -0.2) is 9.78 Å². The van der Waals surface area contributed by atoms with Crippen molar-refractivity contribution in [3.8, 4) is 0 Å². The van der Waals surface area contributed by atoms with Gasteiger partial charge >= 0.3 is 6.03 Å². The maximum Gasteiger partial charge on any atom is 0.321 e. The molecule has 0 spiro atoms. The topological polar surface area (TPSA) is 102 Å². The second-order valence-corrected chi connectivity index (χ2v) is 9.25. The first-order valence-corrected chi connectivity index (χ1v) is 11.2. The van der Waals surface area contributed by atoms with E-state index < -0.39 is 11.9 Å². The van der Waals surface area contributed by atoms with Crippen molar-refractivity contribution in [2.45, 2.75) is 45.8 Å². The van der Waals surface area contributed by atoms with E-state index in [2.05, 4.69) is 15.6 Å². The third-order valence-corrected chi connectivity index (χ3v) is 6.28. The van der Waals surface area contributed by atoms with Crippen molar-refractivity contribution in [2.75, 3.05) is 26.0 Å². The number of aryl methyl sites for hydroxylation is 2. The summed E-state index contributed by atoms with van der Waals surface area (Å²) in [7, 11) is 1.59. The third kappa shape index (κ3) is 6.28. The van der Waals surface area contributed by atoms with Crippen LogP contribution in [0.25, 0.3) is 10.2 Å². The lowest BCUT2D eigenvalue weighted by atomic mass is 10.2. The summed E-state index contributed by atoms with van der Waals surface area (Å²) in [5.74, 6) is -0.202. The molecular weight excluding hydrogens is 412 g/mol. The zero-order chi connectivity index (χ0) is 21.6. The normalized spacial score (nSPS) is 11.2. The van der Waals surface area contributed by atoms with Crippen LogP contribution in [0.2, 0.25) is 0 Å². The lowest BCUT2D eigenvalue weighted by molar-refractivity contribution is -0.117. The molecule has 0 aromatic carbocycles. The minimum absolute atomic E-state index is 0.00906. The summed E-state index contributed by atoms with van der Waals surface area (Å²) in [5.41, 5.74) is 0.879. The molecule has 160 valence electrons. The highest BCUT2D eigenvalue weighted by Gasteiger charge is 2.18. The number of nitrogens with one attached hydrogen (secondary N) is 2. The highest BCUT2D eigenvalue weighted by molar-refractivity contribution is 7.99. The molecular formula is C19H28N4O4S2. The quantitative estimate of drug-likeness (QED) is 0.353. The predicted octanol–water partition coefficient (Wildman–Crippen LogP) is 2.69. The fourth-order valence-corrected chi connectivity index (χ4v) is 4.58. The van der Waals surface area contributed by atoms with Gasteiger partial charge in [0, 0.05) is 31.7 Å². The van der Waals surface area contributed by atoms with Crippen molar-refractivity contribution in [1.82, 2.24) is 20.2 Å². The van der Waals surface area contributed by atoms with Crippen LogP contribution in [0.3, 0.4) is 0 Å². The molecule has 0 aliphatic heterocycles. The van der Waals surface area contributed by atoms with Gasteiger partial charge in [-0.1, -0.05) is 25.6 Å². The Kier molecular flexibility index (Phi) is 8.66.